The van der Waals surface area contributed by atoms with Gasteiger partial charge in [0, 0.05) is 25.3 Å². The Morgan fingerprint density at radius 2 is 2.21 bits per heavy atom. The quantitative estimate of drug-likeness (QED) is 0.907. The summed E-state index contributed by atoms with van der Waals surface area (Å²) in [5.41, 5.74) is 7.40. The molecule has 1 aromatic rings. The average molecular weight is 263 g/mol. The van der Waals surface area contributed by atoms with Gasteiger partial charge >= 0.3 is 0 Å². The van der Waals surface area contributed by atoms with Gasteiger partial charge in [0.15, 0.2) is 0 Å². The van der Waals surface area contributed by atoms with Gasteiger partial charge in [-0.05, 0) is 31.2 Å². The van der Waals surface area contributed by atoms with E-state index in [9.17, 15) is 0 Å². The van der Waals surface area contributed by atoms with Crippen molar-refractivity contribution in [3.8, 4) is 0 Å². The van der Waals surface area contributed by atoms with Crippen LogP contribution in [0.2, 0.25) is 0 Å². The summed E-state index contributed by atoms with van der Waals surface area (Å²) < 4.78 is 7.89. The Hall–Kier alpha value is -0.870. The monoisotopic (exact) mass is 263 g/mol. The second-order valence-electron chi connectivity index (χ2n) is 6.19. The first kappa shape index (κ1) is 13.1. The third kappa shape index (κ3) is 2.84. The molecular formula is C15H25N3O. The molecule has 1 aliphatic carbocycles. The van der Waals surface area contributed by atoms with E-state index in [0.29, 0.717) is 12.0 Å². The Morgan fingerprint density at radius 3 is 2.89 bits per heavy atom. The van der Waals surface area contributed by atoms with E-state index in [1.165, 1.54) is 25.7 Å². The molecule has 4 nitrogen and oxygen atoms in total. The zero-order valence-electron chi connectivity index (χ0n) is 11.8. The van der Waals surface area contributed by atoms with Crippen LogP contribution in [0.1, 0.15) is 50.8 Å². The van der Waals surface area contributed by atoms with E-state index in [2.05, 4.69) is 23.9 Å². The topological polar surface area (TPSA) is 53.1 Å². The summed E-state index contributed by atoms with van der Waals surface area (Å²) in [6.45, 7) is 3.09. The Bertz CT molecular complexity index is 411. The number of nitrogens with two attached hydrogens (primary N) is 1. The first-order chi connectivity index (χ1) is 9.24. The molecule has 3 unspecified atom stereocenters. The van der Waals surface area contributed by atoms with Gasteiger partial charge in [0.1, 0.15) is 0 Å². The van der Waals surface area contributed by atoms with Crippen LogP contribution in [0.4, 0.5) is 0 Å². The molecule has 2 N–H and O–H groups in total. The number of nitrogens with zero attached hydrogens (tertiary/aromatic N) is 2. The van der Waals surface area contributed by atoms with Gasteiger partial charge in [0.25, 0.3) is 0 Å². The number of hydrogen-bond donors (Lipinski definition) is 1. The molecule has 3 atom stereocenters. The van der Waals surface area contributed by atoms with Gasteiger partial charge in [-0.15, -0.1) is 0 Å². The van der Waals surface area contributed by atoms with Crippen LogP contribution in [0.5, 0.6) is 0 Å². The van der Waals surface area contributed by atoms with Crippen LogP contribution in [-0.2, 0) is 11.2 Å². The van der Waals surface area contributed by atoms with Crippen LogP contribution in [0.3, 0.4) is 0 Å². The van der Waals surface area contributed by atoms with E-state index < -0.39 is 0 Å². The average Bonchev–Trinajstić information content (AvgIpc) is 3.07. The maximum atomic E-state index is 6.29. The molecule has 2 aliphatic rings. The molecule has 0 aromatic carbocycles. The predicted molar refractivity (Wildman–Crippen MR) is 74.9 cm³/mol. The van der Waals surface area contributed by atoms with Gasteiger partial charge in [0.05, 0.1) is 17.8 Å². The largest absolute Gasteiger partial charge is 0.376 e. The highest BCUT2D eigenvalue weighted by molar-refractivity contribution is 5.04. The van der Waals surface area contributed by atoms with Crippen molar-refractivity contribution in [2.75, 3.05) is 6.61 Å². The van der Waals surface area contributed by atoms with Crippen molar-refractivity contribution in [3.05, 3.63) is 18.0 Å². The van der Waals surface area contributed by atoms with Crippen LogP contribution in [0.25, 0.3) is 0 Å². The Labute approximate surface area is 115 Å². The van der Waals surface area contributed by atoms with E-state index in [-0.39, 0.29) is 12.1 Å². The second kappa shape index (κ2) is 5.63. The third-order valence-corrected chi connectivity index (χ3v) is 4.67. The van der Waals surface area contributed by atoms with Crippen molar-refractivity contribution >= 4 is 0 Å². The fourth-order valence-corrected chi connectivity index (χ4v) is 3.48. The predicted octanol–water partition coefficient (Wildman–Crippen LogP) is 2.29. The number of aromatic nitrogens is 2. The van der Waals surface area contributed by atoms with E-state index in [1.54, 1.807) is 0 Å². The summed E-state index contributed by atoms with van der Waals surface area (Å²) in [5.74, 6) is 0.576. The SMILES string of the molecule is CC1CCOC1C(N)Cc1ccn(C2CCCC2)n1. The van der Waals surface area contributed by atoms with Crippen molar-refractivity contribution < 1.29 is 4.74 Å². The van der Waals surface area contributed by atoms with Gasteiger partial charge in [-0.3, -0.25) is 4.68 Å². The first-order valence-electron chi connectivity index (χ1n) is 7.65. The highest BCUT2D eigenvalue weighted by Crippen LogP contribution is 2.29. The second-order valence-corrected chi connectivity index (χ2v) is 6.19. The molecule has 2 heterocycles. The molecule has 1 aromatic heterocycles. The van der Waals surface area contributed by atoms with Crippen LogP contribution in [-0.4, -0.2) is 28.5 Å². The molecule has 3 rings (SSSR count). The van der Waals surface area contributed by atoms with Crippen molar-refractivity contribution in [3.63, 3.8) is 0 Å². The molecule has 19 heavy (non-hydrogen) atoms. The van der Waals surface area contributed by atoms with Crippen LogP contribution in [0, 0.1) is 5.92 Å². The molecule has 0 radical (unpaired) electrons. The molecule has 0 spiro atoms. The third-order valence-electron chi connectivity index (χ3n) is 4.67. The molecule has 4 heteroatoms. The van der Waals surface area contributed by atoms with E-state index in [1.807, 2.05) is 0 Å². The summed E-state index contributed by atoms with van der Waals surface area (Å²) in [4.78, 5) is 0. The molecule has 106 valence electrons. The number of ether oxygens (including phenoxy) is 1. The highest BCUT2D eigenvalue weighted by atomic mass is 16.5. The molecule has 1 saturated carbocycles. The molecule has 0 bridgehead atoms. The summed E-state index contributed by atoms with van der Waals surface area (Å²) in [7, 11) is 0. The lowest BCUT2D eigenvalue weighted by Gasteiger charge is -2.21. The lowest BCUT2D eigenvalue weighted by Crippen LogP contribution is -2.39. The lowest BCUT2D eigenvalue weighted by molar-refractivity contribution is 0.0723. The minimum absolute atomic E-state index is 0.0735. The van der Waals surface area contributed by atoms with E-state index in [4.69, 9.17) is 15.6 Å². The van der Waals surface area contributed by atoms with Crippen molar-refractivity contribution in [2.45, 2.75) is 63.6 Å². The maximum absolute atomic E-state index is 6.29. The summed E-state index contributed by atoms with van der Waals surface area (Å²) >= 11 is 0. The number of hydrogen-bond acceptors (Lipinski definition) is 3. The van der Waals surface area contributed by atoms with Crippen molar-refractivity contribution in [2.24, 2.45) is 11.7 Å². The van der Waals surface area contributed by atoms with E-state index in [0.717, 1.165) is 25.1 Å². The van der Waals surface area contributed by atoms with Crippen LogP contribution >= 0.6 is 0 Å². The standard InChI is InChI=1S/C15H25N3O/c1-11-7-9-19-15(11)14(16)10-12-6-8-18(17-12)13-4-2-3-5-13/h6,8,11,13-15H,2-5,7,9-10,16H2,1H3. The molecule has 1 saturated heterocycles. The summed E-state index contributed by atoms with van der Waals surface area (Å²) in [5, 5.41) is 4.71. The lowest BCUT2D eigenvalue weighted by atomic mass is 9.95. The molecule has 2 fully saturated rings. The molecule has 1 aliphatic heterocycles. The maximum Gasteiger partial charge on any atom is 0.0756 e. The van der Waals surface area contributed by atoms with Gasteiger partial charge < -0.3 is 10.5 Å². The Kier molecular flexibility index (Phi) is 3.89. The Morgan fingerprint density at radius 1 is 1.42 bits per heavy atom. The molecule has 0 amide bonds. The van der Waals surface area contributed by atoms with Gasteiger partial charge in [-0.1, -0.05) is 19.8 Å². The zero-order chi connectivity index (χ0) is 13.2. The first-order valence-corrected chi connectivity index (χ1v) is 7.65. The zero-order valence-corrected chi connectivity index (χ0v) is 11.8. The number of rotatable bonds is 4. The highest BCUT2D eigenvalue weighted by Gasteiger charge is 2.30. The van der Waals surface area contributed by atoms with Gasteiger partial charge in [0.2, 0.25) is 0 Å². The summed E-state index contributed by atoms with van der Waals surface area (Å²) in [6.07, 6.45) is 9.52. The van der Waals surface area contributed by atoms with Gasteiger partial charge in [-0.25, -0.2) is 0 Å². The minimum Gasteiger partial charge on any atom is -0.376 e. The normalized spacial score (nSPS) is 30.0. The molecular weight excluding hydrogens is 238 g/mol. The van der Waals surface area contributed by atoms with E-state index >= 15 is 0 Å². The summed E-state index contributed by atoms with van der Waals surface area (Å²) in [6, 6.07) is 2.81. The fourth-order valence-electron chi connectivity index (χ4n) is 3.48. The van der Waals surface area contributed by atoms with Crippen LogP contribution < -0.4 is 5.73 Å². The smallest absolute Gasteiger partial charge is 0.0756 e. The minimum atomic E-state index is 0.0735. The fraction of sp³-hybridized carbons (Fsp3) is 0.800. The van der Waals surface area contributed by atoms with Gasteiger partial charge in [-0.2, -0.15) is 5.10 Å². The van der Waals surface area contributed by atoms with Crippen molar-refractivity contribution in [1.82, 2.24) is 9.78 Å². The van der Waals surface area contributed by atoms with Crippen molar-refractivity contribution in [1.29, 1.82) is 0 Å². The Balaban J connectivity index is 1.60. The van der Waals surface area contributed by atoms with Crippen LogP contribution in [0.15, 0.2) is 12.3 Å².